The van der Waals surface area contributed by atoms with Crippen LogP contribution in [0.25, 0.3) is 0 Å². The molecule has 1 aromatic heterocycles. The third kappa shape index (κ3) is 3.36. The maximum absolute atomic E-state index is 11.7. The second-order valence-corrected chi connectivity index (χ2v) is 4.86. The SMILES string of the molecule is CC(=O)c1csc(NC(=O)C(C)C(C)C(=O)O)n1. The lowest BCUT2D eigenvalue weighted by atomic mass is 9.95. The maximum Gasteiger partial charge on any atom is 0.307 e. The summed E-state index contributed by atoms with van der Waals surface area (Å²) in [5.41, 5.74) is 0.286. The summed E-state index contributed by atoms with van der Waals surface area (Å²) in [6.45, 7) is 4.39. The number of carbonyl (C=O) groups is 3. The number of carbonyl (C=O) groups excluding carboxylic acids is 2. The quantitative estimate of drug-likeness (QED) is 0.793. The second-order valence-electron chi connectivity index (χ2n) is 4.00. The zero-order chi connectivity index (χ0) is 13.9. The Labute approximate surface area is 108 Å². The van der Waals surface area contributed by atoms with Crippen molar-refractivity contribution >= 4 is 34.1 Å². The summed E-state index contributed by atoms with van der Waals surface area (Å²) in [5, 5.41) is 13.2. The van der Waals surface area contributed by atoms with Crippen LogP contribution in [0.2, 0.25) is 0 Å². The Morgan fingerprint density at radius 2 is 1.94 bits per heavy atom. The van der Waals surface area contributed by atoms with Crippen molar-refractivity contribution in [3.05, 3.63) is 11.1 Å². The first-order valence-electron chi connectivity index (χ1n) is 5.33. The summed E-state index contributed by atoms with van der Waals surface area (Å²) in [6.07, 6.45) is 0. The maximum atomic E-state index is 11.7. The highest BCUT2D eigenvalue weighted by Gasteiger charge is 2.26. The minimum Gasteiger partial charge on any atom is -0.481 e. The van der Waals surface area contributed by atoms with Gasteiger partial charge >= 0.3 is 5.97 Å². The lowest BCUT2D eigenvalue weighted by Gasteiger charge is -2.14. The number of anilines is 1. The van der Waals surface area contributed by atoms with Gasteiger partial charge in [-0.3, -0.25) is 14.4 Å². The number of ketones is 1. The van der Waals surface area contributed by atoms with E-state index < -0.39 is 23.7 Å². The molecule has 6 nitrogen and oxygen atoms in total. The van der Waals surface area contributed by atoms with Crippen molar-refractivity contribution in [2.75, 3.05) is 5.32 Å². The Hall–Kier alpha value is -1.76. The summed E-state index contributed by atoms with van der Waals surface area (Å²) in [4.78, 5) is 37.5. The van der Waals surface area contributed by atoms with Crippen LogP contribution in [0.1, 0.15) is 31.3 Å². The van der Waals surface area contributed by atoms with Crippen LogP contribution in [0.3, 0.4) is 0 Å². The van der Waals surface area contributed by atoms with E-state index in [0.29, 0.717) is 5.13 Å². The number of thiazole rings is 1. The summed E-state index contributed by atoms with van der Waals surface area (Å²) in [6, 6.07) is 0. The minimum atomic E-state index is -1.03. The minimum absolute atomic E-state index is 0.182. The molecular weight excluding hydrogens is 256 g/mol. The van der Waals surface area contributed by atoms with Crippen molar-refractivity contribution in [1.29, 1.82) is 0 Å². The van der Waals surface area contributed by atoms with E-state index in [4.69, 9.17) is 5.11 Å². The summed E-state index contributed by atoms with van der Waals surface area (Å²) >= 11 is 1.13. The smallest absolute Gasteiger partial charge is 0.307 e. The Morgan fingerprint density at radius 1 is 1.33 bits per heavy atom. The Kier molecular flexibility index (Phi) is 4.55. The molecule has 7 heteroatoms. The number of hydrogen-bond acceptors (Lipinski definition) is 5. The van der Waals surface area contributed by atoms with Crippen LogP contribution >= 0.6 is 11.3 Å². The third-order valence-electron chi connectivity index (χ3n) is 2.65. The Balaban J connectivity index is 2.69. The molecule has 2 atom stereocenters. The van der Waals surface area contributed by atoms with Gasteiger partial charge in [-0.1, -0.05) is 13.8 Å². The van der Waals surface area contributed by atoms with Crippen LogP contribution < -0.4 is 5.32 Å². The molecule has 98 valence electrons. The Bertz CT molecular complexity index is 483. The topological polar surface area (TPSA) is 96.4 Å². The monoisotopic (exact) mass is 270 g/mol. The van der Waals surface area contributed by atoms with Gasteiger partial charge in [0.25, 0.3) is 0 Å². The van der Waals surface area contributed by atoms with Gasteiger partial charge in [0, 0.05) is 18.2 Å². The molecule has 1 rings (SSSR count). The number of amides is 1. The number of rotatable bonds is 5. The fraction of sp³-hybridized carbons (Fsp3) is 0.455. The molecule has 1 heterocycles. The molecule has 18 heavy (non-hydrogen) atoms. The summed E-state index contributed by atoms with van der Waals surface area (Å²) in [5.74, 6) is -3.08. The van der Waals surface area contributed by atoms with Crippen LogP contribution in [0, 0.1) is 11.8 Å². The van der Waals surface area contributed by atoms with Gasteiger partial charge in [-0.25, -0.2) is 4.98 Å². The highest BCUT2D eigenvalue weighted by Crippen LogP contribution is 2.19. The van der Waals surface area contributed by atoms with Gasteiger partial charge in [-0.05, 0) is 0 Å². The number of carboxylic acid groups (broad SMARTS) is 1. The van der Waals surface area contributed by atoms with Crippen LogP contribution in [-0.4, -0.2) is 27.8 Å². The molecule has 0 fully saturated rings. The van der Waals surface area contributed by atoms with E-state index in [1.165, 1.54) is 20.8 Å². The number of carboxylic acids is 1. The zero-order valence-electron chi connectivity index (χ0n) is 10.3. The molecule has 1 amide bonds. The van der Waals surface area contributed by atoms with Crippen LogP contribution in [0.4, 0.5) is 5.13 Å². The van der Waals surface area contributed by atoms with E-state index in [1.807, 2.05) is 0 Å². The highest BCUT2D eigenvalue weighted by atomic mass is 32.1. The van der Waals surface area contributed by atoms with Crippen LogP contribution in [0.15, 0.2) is 5.38 Å². The van der Waals surface area contributed by atoms with E-state index in [1.54, 1.807) is 5.38 Å². The van der Waals surface area contributed by atoms with Gasteiger partial charge in [0.1, 0.15) is 5.69 Å². The molecule has 0 bridgehead atoms. The van der Waals surface area contributed by atoms with E-state index in [0.717, 1.165) is 11.3 Å². The van der Waals surface area contributed by atoms with Gasteiger partial charge in [-0.2, -0.15) is 0 Å². The van der Waals surface area contributed by atoms with Crippen molar-refractivity contribution in [2.45, 2.75) is 20.8 Å². The first kappa shape index (κ1) is 14.3. The molecule has 0 spiro atoms. The molecule has 2 N–H and O–H groups in total. The molecule has 0 aliphatic carbocycles. The third-order valence-corrected chi connectivity index (χ3v) is 3.41. The number of hydrogen-bond donors (Lipinski definition) is 2. The number of nitrogens with one attached hydrogen (secondary N) is 1. The van der Waals surface area contributed by atoms with Gasteiger partial charge in [0.05, 0.1) is 5.92 Å². The van der Waals surface area contributed by atoms with E-state index in [-0.39, 0.29) is 11.5 Å². The van der Waals surface area contributed by atoms with Crippen LogP contribution in [0.5, 0.6) is 0 Å². The molecular formula is C11H14N2O4S. The van der Waals surface area contributed by atoms with Gasteiger partial charge < -0.3 is 10.4 Å². The standard InChI is InChI=1S/C11H14N2O4S/c1-5(6(2)10(16)17)9(15)13-11-12-8(4-18-11)7(3)14/h4-6H,1-3H3,(H,16,17)(H,12,13,15). The molecule has 0 aromatic carbocycles. The van der Waals surface area contributed by atoms with Crippen molar-refractivity contribution in [3.63, 3.8) is 0 Å². The van der Waals surface area contributed by atoms with Crippen molar-refractivity contribution in [2.24, 2.45) is 11.8 Å². The number of aliphatic carboxylic acids is 1. The van der Waals surface area contributed by atoms with Crippen molar-refractivity contribution in [3.8, 4) is 0 Å². The van der Waals surface area contributed by atoms with Crippen LogP contribution in [-0.2, 0) is 9.59 Å². The molecule has 0 saturated heterocycles. The van der Waals surface area contributed by atoms with Gasteiger partial charge in [-0.15, -0.1) is 11.3 Å². The van der Waals surface area contributed by atoms with Gasteiger partial charge in [0.2, 0.25) is 5.91 Å². The summed E-state index contributed by atoms with van der Waals surface area (Å²) in [7, 11) is 0. The first-order chi connectivity index (χ1) is 8.32. The average Bonchev–Trinajstić information content (AvgIpc) is 2.75. The normalized spacial score (nSPS) is 13.7. The first-order valence-corrected chi connectivity index (χ1v) is 6.21. The zero-order valence-corrected chi connectivity index (χ0v) is 11.1. The van der Waals surface area contributed by atoms with E-state index in [2.05, 4.69) is 10.3 Å². The number of nitrogens with zero attached hydrogens (tertiary/aromatic N) is 1. The highest BCUT2D eigenvalue weighted by molar-refractivity contribution is 7.14. The molecule has 0 saturated carbocycles. The van der Waals surface area contributed by atoms with Crippen molar-refractivity contribution < 1.29 is 19.5 Å². The lowest BCUT2D eigenvalue weighted by Crippen LogP contribution is -2.29. The predicted octanol–water partition coefficient (Wildman–Crippen LogP) is 1.64. The second kappa shape index (κ2) is 5.72. The number of Topliss-reactive ketones (excluding diaryl/α,β-unsaturated/α-hetero) is 1. The molecule has 0 radical (unpaired) electrons. The average molecular weight is 270 g/mol. The van der Waals surface area contributed by atoms with E-state index in [9.17, 15) is 14.4 Å². The molecule has 0 aliphatic rings. The molecule has 2 unspecified atom stereocenters. The lowest BCUT2D eigenvalue weighted by molar-refractivity contribution is -0.145. The van der Waals surface area contributed by atoms with Gasteiger partial charge in [0.15, 0.2) is 10.9 Å². The molecule has 0 aliphatic heterocycles. The van der Waals surface area contributed by atoms with E-state index >= 15 is 0 Å². The number of aromatic nitrogens is 1. The fourth-order valence-electron chi connectivity index (χ4n) is 1.15. The molecule has 1 aromatic rings. The van der Waals surface area contributed by atoms with Crippen molar-refractivity contribution in [1.82, 2.24) is 4.98 Å². The largest absolute Gasteiger partial charge is 0.481 e. The summed E-state index contributed by atoms with van der Waals surface area (Å²) < 4.78 is 0. The predicted molar refractivity (Wildman–Crippen MR) is 66.7 cm³/mol. The fourth-order valence-corrected chi connectivity index (χ4v) is 1.91. The Morgan fingerprint density at radius 3 is 2.39 bits per heavy atom.